The number of rotatable bonds is 0. The fourth-order valence-corrected chi connectivity index (χ4v) is 4.23. The fraction of sp³-hybridized carbons (Fsp3) is 0.409. The van der Waals surface area contributed by atoms with E-state index in [1.165, 1.54) is 16.7 Å². The SMILES string of the molecule is CC1(C)CC(=NO)c2ccccc21.CC1(C)CC(N)c2ccccc21. The molecule has 3 nitrogen and oxygen atoms in total. The number of hydrogen-bond acceptors (Lipinski definition) is 3. The molecule has 1 atom stereocenters. The minimum Gasteiger partial charge on any atom is -0.411 e. The second-order valence-corrected chi connectivity index (χ2v) is 8.43. The molecule has 3 N–H and O–H groups in total. The topological polar surface area (TPSA) is 58.6 Å². The number of nitrogens with zero attached hydrogens (tertiary/aromatic N) is 1. The summed E-state index contributed by atoms with van der Waals surface area (Å²) < 4.78 is 0. The summed E-state index contributed by atoms with van der Waals surface area (Å²) >= 11 is 0. The Morgan fingerprint density at radius 3 is 2.16 bits per heavy atom. The molecule has 4 rings (SSSR count). The van der Waals surface area contributed by atoms with Gasteiger partial charge in [-0.2, -0.15) is 0 Å². The molecule has 25 heavy (non-hydrogen) atoms. The van der Waals surface area contributed by atoms with Crippen molar-refractivity contribution in [2.24, 2.45) is 10.9 Å². The van der Waals surface area contributed by atoms with Gasteiger partial charge in [0.1, 0.15) is 0 Å². The van der Waals surface area contributed by atoms with E-state index in [0.717, 1.165) is 24.1 Å². The normalized spacial score (nSPS) is 23.6. The van der Waals surface area contributed by atoms with Crippen LogP contribution in [0.5, 0.6) is 0 Å². The first-order valence-corrected chi connectivity index (χ1v) is 8.92. The van der Waals surface area contributed by atoms with Gasteiger partial charge < -0.3 is 10.9 Å². The first-order chi connectivity index (χ1) is 11.8. The molecule has 0 amide bonds. The Morgan fingerprint density at radius 1 is 0.920 bits per heavy atom. The van der Waals surface area contributed by atoms with E-state index in [-0.39, 0.29) is 16.9 Å². The van der Waals surface area contributed by atoms with Crippen molar-refractivity contribution in [3.05, 3.63) is 70.8 Å². The lowest BCUT2D eigenvalue weighted by atomic mass is 9.87. The summed E-state index contributed by atoms with van der Waals surface area (Å²) in [6.45, 7) is 8.87. The van der Waals surface area contributed by atoms with E-state index in [1.54, 1.807) is 0 Å². The summed E-state index contributed by atoms with van der Waals surface area (Å²) in [5, 5.41) is 12.2. The lowest BCUT2D eigenvalue weighted by Gasteiger charge is -2.18. The third-order valence-corrected chi connectivity index (χ3v) is 5.52. The molecule has 0 saturated carbocycles. The summed E-state index contributed by atoms with van der Waals surface area (Å²) in [7, 11) is 0. The van der Waals surface area contributed by atoms with Gasteiger partial charge in [-0.05, 0) is 33.9 Å². The second kappa shape index (κ2) is 6.30. The monoisotopic (exact) mass is 336 g/mol. The molecule has 1 unspecified atom stereocenters. The molecule has 0 fully saturated rings. The Kier molecular flexibility index (Phi) is 4.46. The average Bonchev–Trinajstić information content (AvgIpc) is 2.99. The van der Waals surface area contributed by atoms with Gasteiger partial charge in [0.2, 0.25) is 0 Å². The van der Waals surface area contributed by atoms with Crippen LogP contribution >= 0.6 is 0 Å². The largest absolute Gasteiger partial charge is 0.411 e. The van der Waals surface area contributed by atoms with Gasteiger partial charge in [0.15, 0.2) is 0 Å². The minimum atomic E-state index is 0.109. The highest BCUT2D eigenvalue weighted by Gasteiger charge is 2.34. The highest BCUT2D eigenvalue weighted by molar-refractivity contribution is 6.05. The van der Waals surface area contributed by atoms with Crippen molar-refractivity contribution < 1.29 is 5.21 Å². The Bertz CT molecular complexity index is 805. The van der Waals surface area contributed by atoms with Gasteiger partial charge in [-0.15, -0.1) is 0 Å². The fourth-order valence-electron chi connectivity index (χ4n) is 4.23. The van der Waals surface area contributed by atoms with Gasteiger partial charge in [0, 0.05) is 18.0 Å². The van der Waals surface area contributed by atoms with Crippen LogP contribution in [0.1, 0.15) is 68.8 Å². The molecular weight excluding hydrogens is 308 g/mol. The maximum absolute atomic E-state index is 8.83. The molecule has 3 heteroatoms. The zero-order valence-corrected chi connectivity index (χ0v) is 15.6. The van der Waals surface area contributed by atoms with Crippen molar-refractivity contribution >= 4 is 5.71 Å². The van der Waals surface area contributed by atoms with Crippen LogP contribution in [0.2, 0.25) is 0 Å². The maximum Gasteiger partial charge on any atom is 0.0879 e. The Balaban J connectivity index is 0.000000146. The molecule has 0 spiro atoms. The molecular formula is C22H28N2O. The van der Waals surface area contributed by atoms with Gasteiger partial charge in [0.25, 0.3) is 0 Å². The molecule has 0 radical (unpaired) electrons. The maximum atomic E-state index is 8.83. The molecule has 2 aliphatic carbocycles. The average molecular weight is 336 g/mol. The van der Waals surface area contributed by atoms with Crippen molar-refractivity contribution in [1.29, 1.82) is 0 Å². The number of hydrogen-bond donors (Lipinski definition) is 2. The quantitative estimate of drug-likeness (QED) is 0.530. The van der Waals surface area contributed by atoms with Crippen LogP contribution < -0.4 is 5.73 Å². The smallest absolute Gasteiger partial charge is 0.0879 e. The van der Waals surface area contributed by atoms with Crippen LogP contribution in [0.25, 0.3) is 0 Å². The molecule has 0 aliphatic heterocycles. The molecule has 0 aromatic heterocycles. The predicted molar refractivity (Wildman–Crippen MR) is 103 cm³/mol. The molecule has 0 bridgehead atoms. The molecule has 132 valence electrons. The van der Waals surface area contributed by atoms with E-state index < -0.39 is 0 Å². The van der Waals surface area contributed by atoms with Crippen molar-refractivity contribution in [2.45, 2.75) is 57.4 Å². The zero-order chi connectivity index (χ0) is 18.2. The van der Waals surface area contributed by atoms with E-state index in [1.807, 2.05) is 18.2 Å². The van der Waals surface area contributed by atoms with Crippen LogP contribution in [-0.2, 0) is 10.8 Å². The standard InChI is InChI=1S/C11H13NO.C11H15N/c1-11(2)7-10(12-13)8-5-3-4-6-9(8)11;1-11(2)7-10(12)8-5-3-4-6-9(8)11/h3-6,13H,7H2,1-2H3;3-6,10H,7,12H2,1-2H3. The number of fused-ring (bicyclic) bond motifs is 2. The summed E-state index contributed by atoms with van der Waals surface area (Å²) in [5.41, 5.74) is 12.3. The van der Waals surface area contributed by atoms with Crippen LogP contribution in [0.3, 0.4) is 0 Å². The van der Waals surface area contributed by atoms with E-state index >= 15 is 0 Å². The van der Waals surface area contributed by atoms with Crippen molar-refractivity contribution in [3.8, 4) is 0 Å². The first kappa shape index (κ1) is 17.7. The van der Waals surface area contributed by atoms with Gasteiger partial charge in [-0.1, -0.05) is 81.4 Å². The van der Waals surface area contributed by atoms with Gasteiger partial charge in [-0.3, -0.25) is 0 Å². The molecule has 2 aromatic carbocycles. The lowest BCUT2D eigenvalue weighted by Crippen LogP contribution is -2.14. The van der Waals surface area contributed by atoms with E-state index in [2.05, 4.69) is 63.2 Å². The number of oxime groups is 1. The lowest BCUT2D eigenvalue weighted by molar-refractivity contribution is 0.317. The van der Waals surface area contributed by atoms with Crippen LogP contribution in [0.15, 0.2) is 53.7 Å². The number of nitrogens with two attached hydrogens (primary N) is 1. The van der Waals surface area contributed by atoms with Gasteiger partial charge in [0.05, 0.1) is 5.71 Å². The van der Waals surface area contributed by atoms with E-state index in [9.17, 15) is 0 Å². The summed E-state index contributed by atoms with van der Waals surface area (Å²) in [4.78, 5) is 0. The third kappa shape index (κ3) is 3.21. The zero-order valence-electron chi connectivity index (χ0n) is 15.6. The molecule has 2 aromatic rings. The summed E-state index contributed by atoms with van der Waals surface area (Å²) in [5.74, 6) is 0. The van der Waals surface area contributed by atoms with Gasteiger partial charge >= 0.3 is 0 Å². The first-order valence-electron chi connectivity index (χ1n) is 8.92. The van der Waals surface area contributed by atoms with Crippen LogP contribution in [0, 0.1) is 0 Å². The Hall–Kier alpha value is -2.13. The van der Waals surface area contributed by atoms with Crippen molar-refractivity contribution in [1.82, 2.24) is 0 Å². The highest BCUT2D eigenvalue weighted by Crippen LogP contribution is 2.42. The summed E-state index contributed by atoms with van der Waals surface area (Å²) in [6, 6.07) is 16.9. The van der Waals surface area contributed by atoms with E-state index in [0.29, 0.717) is 0 Å². The molecule has 2 aliphatic rings. The summed E-state index contributed by atoms with van der Waals surface area (Å²) in [6.07, 6.45) is 1.90. The van der Waals surface area contributed by atoms with Crippen molar-refractivity contribution in [2.75, 3.05) is 0 Å². The molecule has 0 heterocycles. The third-order valence-electron chi connectivity index (χ3n) is 5.52. The van der Waals surface area contributed by atoms with Crippen LogP contribution in [-0.4, -0.2) is 10.9 Å². The van der Waals surface area contributed by atoms with Crippen LogP contribution in [0.4, 0.5) is 0 Å². The predicted octanol–water partition coefficient (Wildman–Crippen LogP) is 4.91. The Morgan fingerprint density at radius 2 is 1.52 bits per heavy atom. The van der Waals surface area contributed by atoms with E-state index in [4.69, 9.17) is 10.9 Å². The number of benzene rings is 2. The highest BCUT2D eigenvalue weighted by atomic mass is 16.4. The molecule has 0 saturated heterocycles. The minimum absolute atomic E-state index is 0.109. The van der Waals surface area contributed by atoms with Crippen molar-refractivity contribution in [3.63, 3.8) is 0 Å². The Labute approximate surface area is 150 Å². The van der Waals surface area contributed by atoms with Gasteiger partial charge in [-0.25, -0.2) is 0 Å². The second-order valence-electron chi connectivity index (χ2n) is 8.43.